The lowest BCUT2D eigenvalue weighted by Gasteiger charge is -2.31. The number of hydrogen-bond donors (Lipinski definition) is 1. The molecular formula is C14H15ClFNO3. The fraction of sp³-hybridized carbons (Fsp3) is 0.429. The van der Waals surface area contributed by atoms with E-state index in [1.165, 1.54) is 24.1 Å². The van der Waals surface area contributed by atoms with Crippen molar-refractivity contribution in [1.82, 2.24) is 4.90 Å². The number of carboxylic acids is 1. The summed E-state index contributed by atoms with van der Waals surface area (Å²) in [6.45, 7) is 0. The molecular weight excluding hydrogens is 285 g/mol. The van der Waals surface area contributed by atoms with E-state index in [9.17, 15) is 19.1 Å². The van der Waals surface area contributed by atoms with E-state index in [1.807, 2.05) is 0 Å². The van der Waals surface area contributed by atoms with Crippen molar-refractivity contribution >= 4 is 23.5 Å². The second-order valence-electron chi connectivity index (χ2n) is 4.95. The first-order chi connectivity index (χ1) is 9.41. The molecule has 1 saturated heterocycles. The van der Waals surface area contributed by atoms with Crippen molar-refractivity contribution in [2.75, 3.05) is 7.05 Å². The standard InChI is InChI=1S/C14H15ClFNO3/c1-17-12(18)4-2-3-10(14(19)20)13(17)9-6-5-8(15)7-11(9)16/h5-7,10,13H,2-4H2,1H3,(H,19,20). The molecule has 2 rings (SSSR count). The number of carbonyl (C=O) groups is 2. The summed E-state index contributed by atoms with van der Waals surface area (Å²) in [5, 5.41) is 9.59. The zero-order valence-corrected chi connectivity index (χ0v) is 11.7. The molecule has 4 nitrogen and oxygen atoms in total. The van der Waals surface area contributed by atoms with Gasteiger partial charge in [-0.25, -0.2) is 4.39 Å². The Morgan fingerprint density at radius 2 is 2.20 bits per heavy atom. The van der Waals surface area contributed by atoms with Gasteiger partial charge in [0.05, 0.1) is 12.0 Å². The van der Waals surface area contributed by atoms with Crippen LogP contribution in [0.3, 0.4) is 0 Å². The highest BCUT2D eigenvalue weighted by atomic mass is 35.5. The van der Waals surface area contributed by atoms with Crippen molar-refractivity contribution in [3.8, 4) is 0 Å². The second kappa shape index (κ2) is 5.79. The average molecular weight is 300 g/mol. The predicted octanol–water partition coefficient (Wildman–Crippen LogP) is 2.86. The minimum absolute atomic E-state index is 0.173. The van der Waals surface area contributed by atoms with Crippen LogP contribution >= 0.6 is 11.6 Å². The molecule has 1 aliphatic rings. The minimum Gasteiger partial charge on any atom is -0.481 e. The first kappa shape index (κ1) is 14.8. The zero-order chi connectivity index (χ0) is 14.9. The summed E-state index contributed by atoms with van der Waals surface area (Å²) in [6.07, 6.45) is 1.12. The van der Waals surface area contributed by atoms with Gasteiger partial charge >= 0.3 is 5.97 Å². The van der Waals surface area contributed by atoms with Crippen LogP contribution in [0.15, 0.2) is 18.2 Å². The van der Waals surface area contributed by atoms with Crippen molar-refractivity contribution in [2.24, 2.45) is 5.92 Å². The van der Waals surface area contributed by atoms with Gasteiger partial charge in [-0.3, -0.25) is 9.59 Å². The Morgan fingerprint density at radius 3 is 2.80 bits per heavy atom. The highest BCUT2D eigenvalue weighted by molar-refractivity contribution is 6.30. The van der Waals surface area contributed by atoms with Crippen molar-refractivity contribution in [1.29, 1.82) is 0 Å². The molecule has 1 aliphatic heterocycles. The largest absolute Gasteiger partial charge is 0.481 e. The molecule has 1 heterocycles. The predicted molar refractivity (Wildman–Crippen MR) is 71.9 cm³/mol. The number of hydrogen-bond acceptors (Lipinski definition) is 2. The summed E-state index contributed by atoms with van der Waals surface area (Å²) in [7, 11) is 1.52. The maximum absolute atomic E-state index is 14.1. The van der Waals surface area contributed by atoms with Crippen LogP contribution in [-0.4, -0.2) is 28.9 Å². The molecule has 2 unspecified atom stereocenters. The van der Waals surface area contributed by atoms with Crippen LogP contribution in [0.25, 0.3) is 0 Å². The third-order valence-corrected chi connectivity index (χ3v) is 3.93. The Hall–Kier alpha value is -1.62. The molecule has 108 valence electrons. The number of aliphatic carboxylic acids is 1. The summed E-state index contributed by atoms with van der Waals surface area (Å²) in [4.78, 5) is 24.7. The van der Waals surface area contributed by atoms with E-state index < -0.39 is 23.7 Å². The number of likely N-dealkylation sites (tertiary alicyclic amines) is 1. The molecule has 1 fully saturated rings. The summed E-state index contributed by atoms with van der Waals surface area (Å²) in [5.74, 6) is -2.60. The number of halogens is 2. The highest BCUT2D eigenvalue weighted by Gasteiger charge is 2.38. The normalized spacial score (nSPS) is 23.6. The van der Waals surface area contributed by atoms with E-state index in [2.05, 4.69) is 0 Å². The molecule has 0 bridgehead atoms. The SMILES string of the molecule is CN1C(=O)CCCC(C(=O)O)C1c1ccc(Cl)cc1F. The maximum atomic E-state index is 14.1. The molecule has 0 aromatic heterocycles. The smallest absolute Gasteiger partial charge is 0.308 e. The van der Waals surface area contributed by atoms with E-state index in [-0.39, 0.29) is 22.9 Å². The van der Waals surface area contributed by atoms with E-state index in [0.29, 0.717) is 12.8 Å². The molecule has 0 saturated carbocycles. The lowest BCUT2D eigenvalue weighted by atomic mass is 9.89. The summed E-state index contributed by atoms with van der Waals surface area (Å²) < 4.78 is 14.1. The highest BCUT2D eigenvalue weighted by Crippen LogP contribution is 2.36. The first-order valence-electron chi connectivity index (χ1n) is 6.35. The maximum Gasteiger partial charge on any atom is 0.308 e. The fourth-order valence-electron chi connectivity index (χ4n) is 2.66. The van der Waals surface area contributed by atoms with Gasteiger partial charge in [-0.05, 0) is 25.0 Å². The van der Waals surface area contributed by atoms with Gasteiger partial charge < -0.3 is 10.0 Å². The van der Waals surface area contributed by atoms with Crippen LogP contribution in [0, 0.1) is 11.7 Å². The van der Waals surface area contributed by atoms with Gasteiger partial charge in [0.15, 0.2) is 0 Å². The average Bonchev–Trinajstić information content (AvgIpc) is 2.51. The molecule has 0 aliphatic carbocycles. The lowest BCUT2D eigenvalue weighted by Crippen LogP contribution is -2.36. The number of carbonyl (C=O) groups excluding carboxylic acids is 1. The van der Waals surface area contributed by atoms with Crippen LogP contribution in [0.5, 0.6) is 0 Å². The number of carboxylic acid groups (broad SMARTS) is 1. The Labute approximate surface area is 121 Å². The van der Waals surface area contributed by atoms with Gasteiger partial charge in [0.1, 0.15) is 5.82 Å². The van der Waals surface area contributed by atoms with Crippen LogP contribution in [0.1, 0.15) is 30.9 Å². The number of amides is 1. The van der Waals surface area contributed by atoms with Crippen LogP contribution in [0.4, 0.5) is 4.39 Å². The molecule has 1 amide bonds. The summed E-state index contributed by atoms with van der Waals surface area (Å²) in [5.41, 5.74) is 0.194. The first-order valence-corrected chi connectivity index (χ1v) is 6.73. The lowest BCUT2D eigenvalue weighted by molar-refractivity contribution is -0.145. The topological polar surface area (TPSA) is 57.6 Å². The Balaban J connectivity index is 2.50. The van der Waals surface area contributed by atoms with E-state index in [4.69, 9.17) is 11.6 Å². The van der Waals surface area contributed by atoms with Gasteiger partial charge in [-0.1, -0.05) is 17.7 Å². The molecule has 20 heavy (non-hydrogen) atoms. The van der Waals surface area contributed by atoms with Crippen LogP contribution in [-0.2, 0) is 9.59 Å². The van der Waals surface area contributed by atoms with Crippen molar-refractivity contribution in [2.45, 2.75) is 25.3 Å². The molecule has 1 aromatic carbocycles. The Bertz CT molecular complexity index is 549. The molecule has 2 atom stereocenters. The Kier molecular flexibility index (Phi) is 4.28. The quantitative estimate of drug-likeness (QED) is 0.913. The zero-order valence-electron chi connectivity index (χ0n) is 11.0. The van der Waals surface area contributed by atoms with Crippen molar-refractivity contribution < 1.29 is 19.1 Å². The van der Waals surface area contributed by atoms with Crippen molar-refractivity contribution in [3.05, 3.63) is 34.6 Å². The molecule has 0 spiro atoms. The molecule has 1 aromatic rings. The third-order valence-electron chi connectivity index (χ3n) is 3.70. The minimum atomic E-state index is -1.02. The van der Waals surface area contributed by atoms with E-state index in [1.54, 1.807) is 0 Å². The van der Waals surface area contributed by atoms with Gasteiger partial charge in [-0.2, -0.15) is 0 Å². The second-order valence-corrected chi connectivity index (χ2v) is 5.39. The Morgan fingerprint density at radius 1 is 1.50 bits per heavy atom. The number of benzene rings is 1. The van der Waals surface area contributed by atoms with Gasteiger partial charge in [0, 0.05) is 24.1 Å². The van der Waals surface area contributed by atoms with Crippen molar-refractivity contribution in [3.63, 3.8) is 0 Å². The van der Waals surface area contributed by atoms with Crippen LogP contribution < -0.4 is 0 Å². The summed E-state index contributed by atoms with van der Waals surface area (Å²) >= 11 is 5.72. The molecule has 6 heteroatoms. The number of nitrogens with zero attached hydrogens (tertiary/aromatic N) is 1. The van der Waals surface area contributed by atoms with E-state index in [0.717, 1.165) is 6.07 Å². The molecule has 1 N–H and O–H groups in total. The fourth-order valence-corrected chi connectivity index (χ4v) is 2.82. The van der Waals surface area contributed by atoms with Gasteiger partial charge in [-0.15, -0.1) is 0 Å². The monoisotopic (exact) mass is 299 g/mol. The third kappa shape index (κ3) is 2.77. The van der Waals surface area contributed by atoms with Gasteiger partial charge in [0.2, 0.25) is 5.91 Å². The summed E-state index contributed by atoms with van der Waals surface area (Å²) in [6, 6.07) is 3.29. The van der Waals surface area contributed by atoms with Gasteiger partial charge in [0.25, 0.3) is 0 Å². The number of rotatable bonds is 2. The van der Waals surface area contributed by atoms with E-state index >= 15 is 0 Å². The molecule has 0 radical (unpaired) electrons. The van der Waals surface area contributed by atoms with Crippen LogP contribution in [0.2, 0.25) is 5.02 Å².